The smallest absolute Gasteiger partial charge is 0.163 e. The molecule has 1 N–H and O–H groups in total. The van der Waals surface area contributed by atoms with Crippen LogP contribution in [0.5, 0.6) is 0 Å². The molecule has 0 saturated heterocycles. The highest BCUT2D eigenvalue weighted by Gasteiger charge is 2.12. The van der Waals surface area contributed by atoms with Gasteiger partial charge in [-0.25, -0.2) is 8.78 Å². The van der Waals surface area contributed by atoms with Crippen LogP contribution >= 0.6 is 11.6 Å². The number of nitrogens with one attached hydrogen (secondary N) is 1. The summed E-state index contributed by atoms with van der Waals surface area (Å²) in [6.07, 6.45) is 0.831. The lowest BCUT2D eigenvalue weighted by Gasteiger charge is -2.18. The lowest BCUT2D eigenvalue weighted by Crippen LogP contribution is -2.21. The fraction of sp³-hybridized carbons (Fsp3) is 0.250. The molecule has 0 fully saturated rings. The zero-order valence-electron chi connectivity index (χ0n) is 11.2. The van der Waals surface area contributed by atoms with Gasteiger partial charge in [0.05, 0.1) is 0 Å². The maximum atomic E-state index is 13.6. The van der Waals surface area contributed by atoms with Gasteiger partial charge in [0.1, 0.15) is 0 Å². The molecular weight excluding hydrogens is 280 g/mol. The van der Waals surface area contributed by atoms with Crippen LogP contribution in [0, 0.1) is 11.6 Å². The summed E-state index contributed by atoms with van der Waals surface area (Å²) >= 11 is 5.97. The number of benzene rings is 2. The van der Waals surface area contributed by atoms with Gasteiger partial charge in [-0.1, -0.05) is 42.8 Å². The summed E-state index contributed by atoms with van der Waals surface area (Å²) in [4.78, 5) is 0. The van der Waals surface area contributed by atoms with Crippen molar-refractivity contribution in [2.24, 2.45) is 0 Å². The number of hydrogen-bond acceptors (Lipinski definition) is 1. The van der Waals surface area contributed by atoms with E-state index in [0.717, 1.165) is 18.1 Å². The van der Waals surface area contributed by atoms with Crippen LogP contribution in [0.3, 0.4) is 0 Å². The van der Waals surface area contributed by atoms with E-state index >= 15 is 0 Å². The molecule has 0 radical (unpaired) electrons. The van der Waals surface area contributed by atoms with E-state index < -0.39 is 11.6 Å². The molecule has 1 unspecified atom stereocenters. The minimum atomic E-state index is -0.819. The summed E-state index contributed by atoms with van der Waals surface area (Å²) in [6, 6.07) is 11.8. The van der Waals surface area contributed by atoms with E-state index in [-0.39, 0.29) is 12.6 Å². The largest absolute Gasteiger partial charge is 0.306 e. The molecule has 4 heteroatoms. The molecule has 0 amide bonds. The summed E-state index contributed by atoms with van der Waals surface area (Å²) in [6.45, 7) is 2.30. The van der Waals surface area contributed by atoms with Crippen LogP contribution in [0.4, 0.5) is 8.78 Å². The molecule has 2 aromatic rings. The van der Waals surface area contributed by atoms with E-state index in [1.165, 1.54) is 6.07 Å². The van der Waals surface area contributed by atoms with Crippen LogP contribution in [-0.2, 0) is 6.54 Å². The lowest BCUT2D eigenvalue weighted by molar-refractivity contribution is 0.473. The zero-order valence-corrected chi connectivity index (χ0v) is 11.9. The molecule has 1 nitrogen and oxygen atoms in total. The molecule has 0 heterocycles. The first kappa shape index (κ1) is 14.9. The van der Waals surface area contributed by atoms with Gasteiger partial charge in [0.25, 0.3) is 0 Å². The summed E-state index contributed by atoms with van der Waals surface area (Å²) < 4.78 is 26.7. The molecular formula is C16H16ClF2N. The maximum absolute atomic E-state index is 13.6. The Hall–Kier alpha value is -1.45. The van der Waals surface area contributed by atoms with Crippen LogP contribution in [0.1, 0.15) is 30.5 Å². The highest BCUT2D eigenvalue weighted by molar-refractivity contribution is 6.30. The van der Waals surface area contributed by atoms with Crippen molar-refractivity contribution in [3.63, 3.8) is 0 Å². The molecule has 1 atom stereocenters. The first-order valence-corrected chi connectivity index (χ1v) is 6.91. The maximum Gasteiger partial charge on any atom is 0.163 e. The Morgan fingerprint density at radius 2 is 1.90 bits per heavy atom. The number of rotatable bonds is 5. The first-order chi connectivity index (χ1) is 9.61. The third kappa shape index (κ3) is 3.56. The minimum absolute atomic E-state index is 0.0522. The minimum Gasteiger partial charge on any atom is -0.306 e. The van der Waals surface area contributed by atoms with E-state index in [0.29, 0.717) is 10.6 Å². The average molecular weight is 296 g/mol. The van der Waals surface area contributed by atoms with Gasteiger partial charge in [-0.3, -0.25) is 0 Å². The molecule has 0 saturated carbocycles. The van der Waals surface area contributed by atoms with Crippen molar-refractivity contribution >= 4 is 11.6 Å². The van der Waals surface area contributed by atoms with Gasteiger partial charge in [0.2, 0.25) is 0 Å². The molecule has 2 rings (SSSR count). The summed E-state index contributed by atoms with van der Waals surface area (Å²) in [5.41, 5.74) is 1.36. The Morgan fingerprint density at radius 1 is 1.15 bits per heavy atom. The topological polar surface area (TPSA) is 12.0 Å². The average Bonchev–Trinajstić information content (AvgIpc) is 2.44. The molecule has 0 bridgehead atoms. The van der Waals surface area contributed by atoms with E-state index in [2.05, 4.69) is 5.32 Å². The second-order valence-electron chi connectivity index (χ2n) is 4.61. The Labute approximate surface area is 122 Å². The highest BCUT2D eigenvalue weighted by Crippen LogP contribution is 2.21. The molecule has 2 aromatic carbocycles. The highest BCUT2D eigenvalue weighted by atomic mass is 35.5. The van der Waals surface area contributed by atoms with Gasteiger partial charge < -0.3 is 5.32 Å². The monoisotopic (exact) mass is 295 g/mol. The van der Waals surface area contributed by atoms with Gasteiger partial charge >= 0.3 is 0 Å². The normalized spacial score (nSPS) is 12.4. The van der Waals surface area contributed by atoms with Crippen LogP contribution in [-0.4, -0.2) is 0 Å². The predicted octanol–water partition coefficient (Wildman–Crippen LogP) is 4.86. The van der Waals surface area contributed by atoms with Crippen molar-refractivity contribution in [2.75, 3.05) is 0 Å². The van der Waals surface area contributed by atoms with Crippen LogP contribution in [0.25, 0.3) is 0 Å². The molecule has 20 heavy (non-hydrogen) atoms. The molecule has 0 aliphatic rings. The fourth-order valence-electron chi connectivity index (χ4n) is 2.14. The van der Waals surface area contributed by atoms with Crippen LogP contribution in [0.2, 0.25) is 5.02 Å². The van der Waals surface area contributed by atoms with E-state index in [1.54, 1.807) is 6.07 Å². The van der Waals surface area contributed by atoms with Crippen molar-refractivity contribution < 1.29 is 8.78 Å². The Kier molecular flexibility index (Phi) is 5.10. The second kappa shape index (κ2) is 6.82. The van der Waals surface area contributed by atoms with E-state index in [4.69, 9.17) is 11.6 Å². The molecule has 0 aliphatic carbocycles. The van der Waals surface area contributed by atoms with E-state index in [1.807, 2.05) is 31.2 Å². The van der Waals surface area contributed by atoms with Gasteiger partial charge in [0.15, 0.2) is 11.6 Å². The quantitative estimate of drug-likeness (QED) is 0.830. The summed E-state index contributed by atoms with van der Waals surface area (Å²) in [7, 11) is 0. The van der Waals surface area contributed by atoms with Gasteiger partial charge in [-0.05, 0) is 30.2 Å². The van der Waals surface area contributed by atoms with Crippen molar-refractivity contribution in [2.45, 2.75) is 25.9 Å². The predicted molar refractivity (Wildman–Crippen MR) is 77.7 cm³/mol. The van der Waals surface area contributed by atoms with Crippen LogP contribution in [0.15, 0.2) is 42.5 Å². The molecule has 0 aromatic heterocycles. The SMILES string of the molecule is CCC(NCc1cccc(F)c1F)c1cccc(Cl)c1. The van der Waals surface area contributed by atoms with Crippen molar-refractivity contribution in [3.8, 4) is 0 Å². The lowest BCUT2D eigenvalue weighted by atomic mass is 10.0. The van der Waals surface area contributed by atoms with E-state index in [9.17, 15) is 8.78 Å². The van der Waals surface area contributed by atoms with Crippen molar-refractivity contribution in [1.29, 1.82) is 0 Å². The summed E-state index contributed by atoms with van der Waals surface area (Å²) in [5, 5.41) is 3.90. The van der Waals surface area contributed by atoms with Gasteiger partial charge in [-0.15, -0.1) is 0 Å². The van der Waals surface area contributed by atoms with Gasteiger partial charge in [0, 0.05) is 23.2 Å². The Bertz CT molecular complexity index is 586. The Morgan fingerprint density at radius 3 is 2.60 bits per heavy atom. The second-order valence-corrected chi connectivity index (χ2v) is 5.05. The number of hydrogen-bond donors (Lipinski definition) is 1. The zero-order chi connectivity index (χ0) is 14.5. The molecule has 106 valence electrons. The Balaban J connectivity index is 2.10. The third-order valence-electron chi connectivity index (χ3n) is 3.23. The third-order valence-corrected chi connectivity index (χ3v) is 3.46. The van der Waals surface area contributed by atoms with Crippen LogP contribution < -0.4 is 5.32 Å². The van der Waals surface area contributed by atoms with Gasteiger partial charge in [-0.2, -0.15) is 0 Å². The number of halogens is 3. The standard InChI is InChI=1S/C16H16ClF2N/c1-2-15(11-5-3-7-13(17)9-11)20-10-12-6-4-8-14(18)16(12)19/h3-9,15,20H,2,10H2,1H3. The fourth-order valence-corrected chi connectivity index (χ4v) is 2.34. The first-order valence-electron chi connectivity index (χ1n) is 6.53. The van der Waals surface area contributed by atoms with Crippen molar-refractivity contribution in [3.05, 3.63) is 70.2 Å². The van der Waals surface area contributed by atoms with Crippen molar-refractivity contribution in [1.82, 2.24) is 5.32 Å². The molecule has 0 aliphatic heterocycles. The molecule has 0 spiro atoms. The summed E-state index contributed by atoms with van der Waals surface area (Å²) in [5.74, 6) is -1.61.